The maximum Gasteiger partial charge on any atom is 0.220 e. The van der Waals surface area contributed by atoms with Gasteiger partial charge in [0.2, 0.25) is 5.91 Å². The highest BCUT2D eigenvalue weighted by molar-refractivity contribution is 9.09. The van der Waals surface area contributed by atoms with E-state index in [0.29, 0.717) is 23.1 Å². The quantitative estimate of drug-likeness (QED) is 0.772. The Labute approximate surface area is 108 Å². The summed E-state index contributed by atoms with van der Waals surface area (Å²) in [6, 6.07) is 0. The van der Waals surface area contributed by atoms with Crippen molar-refractivity contribution in [3.05, 3.63) is 0 Å². The summed E-state index contributed by atoms with van der Waals surface area (Å²) in [5, 5.41) is 3.07. The molecule has 1 amide bonds. The zero-order chi connectivity index (χ0) is 12.0. The average molecular weight is 290 g/mol. The molecule has 0 radical (unpaired) electrons. The summed E-state index contributed by atoms with van der Waals surface area (Å²) in [6.45, 7) is 5.19. The van der Waals surface area contributed by atoms with E-state index in [1.54, 1.807) is 0 Å². The Morgan fingerprint density at radius 2 is 2.19 bits per heavy atom. The van der Waals surface area contributed by atoms with Crippen molar-refractivity contribution in [3.63, 3.8) is 0 Å². The van der Waals surface area contributed by atoms with Crippen LogP contribution in [0, 0.1) is 11.8 Å². The van der Waals surface area contributed by atoms with E-state index in [0.717, 1.165) is 13.0 Å². The predicted octanol–water partition coefficient (Wildman–Crippen LogP) is 3.49. The Morgan fingerprint density at radius 3 is 2.81 bits per heavy atom. The maximum atomic E-state index is 11.5. The Morgan fingerprint density at radius 1 is 1.44 bits per heavy atom. The number of hydrogen-bond acceptors (Lipinski definition) is 1. The minimum Gasteiger partial charge on any atom is -0.356 e. The lowest BCUT2D eigenvalue weighted by Crippen LogP contribution is -2.31. The van der Waals surface area contributed by atoms with Crippen molar-refractivity contribution in [2.24, 2.45) is 11.8 Å². The first-order valence-electron chi connectivity index (χ1n) is 6.48. The molecule has 16 heavy (non-hydrogen) atoms. The highest BCUT2D eigenvalue weighted by Gasteiger charge is 2.20. The van der Waals surface area contributed by atoms with Crippen LogP contribution in [-0.4, -0.2) is 17.3 Å². The third-order valence-electron chi connectivity index (χ3n) is 3.26. The zero-order valence-corrected chi connectivity index (χ0v) is 12.1. The lowest BCUT2D eigenvalue weighted by atomic mass is 9.89. The molecule has 2 unspecified atom stereocenters. The molecule has 1 fully saturated rings. The Hall–Kier alpha value is -0.0500. The van der Waals surface area contributed by atoms with E-state index >= 15 is 0 Å². The third-order valence-corrected chi connectivity index (χ3v) is 4.09. The molecule has 0 aliphatic heterocycles. The van der Waals surface area contributed by atoms with Crippen LogP contribution in [0.3, 0.4) is 0 Å². The van der Waals surface area contributed by atoms with Gasteiger partial charge in [-0.2, -0.15) is 0 Å². The number of alkyl halides is 1. The molecule has 94 valence electrons. The van der Waals surface area contributed by atoms with Crippen LogP contribution in [-0.2, 0) is 4.79 Å². The minimum absolute atomic E-state index is 0.227. The minimum atomic E-state index is 0.227. The maximum absolute atomic E-state index is 11.5. The number of amides is 1. The van der Waals surface area contributed by atoms with E-state index in [-0.39, 0.29) is 5.91 Å². The van der Waals surface area contributed by atoms with Crippen molar-refractivity contribution in [2.75, 3.05) is 6.54 Å². The van der Waals surface area contributed by atoms with Gasteiger partial charge in [0.25, 0.3) is 0 Å². The van der Waals surface area contributed by atoms with E-state index in [9.17, 15) is 4.79 Å². The van der Waals surface area contributed by atoms with Gasteiger partial charge in [0, 0.05) is 17.8 Å². The molecule has 1 aliphatic carbocycles. The second-order valence-corrected chi connectivity index (χ2v) is 6.66. The second-order valence-electron chi connectivity index (χ2n) is 5.37. The standard InChI is InChI=1S/C13H24BrNO/c1-10(2)6-7-13(16)15-9-11-4-3-5-12(14)8-11/h10-12H,3-9H2,1-2H3,(H,15,16). The van der Waals surface area contributed by atoms with Gasteiger partial charge in [0.1, 0.15) is 0 Å². The normalized spacial score (nSPS) is 25.8. The van der Waals surface area contributed by atoms with Gasteiger partial charge in [-0.3, -0.25) is 4.79 Å². The molecule has 1 rings (SSSR count). The van der Waals surface area contributed by atoms with Crippen molar-refractivity contribution in [2.45, 2.75) is 57.2 Å². The van der Waals surface area contributed by atoms with Crippen LogP contribution in [0.15, 0.2) is 0 Å². The second kappa shape index (κ2) is 7.31. The average Bonchev–Trinajstić information content (AvgIpc) is 2.23. The van der Waals surface area contributed by atoms with Crippen molar-refractivity contribution in [1.82, 2.24) is 5.32 Å². The van der Waals surface area contributed by atoms with E-state index in [1.165, 1.54) is 25.7 Å². The lowest BCUT2D eigenvalue weighted by molar-refractivity contribution is -0.121. The number of halogens is 1. The highest BCUT2D eigenvalue weighted by atomic mass is 79.9. The molecule has 1 aliphatic rings. The topological polar surface area (TPSA) is 29.1 Å². The van der Waals surface area contributed by atoms with Crippen LogP contribution in [0.25, 0.3) is 0 Å². The monoisotopic (exact) mass is 289 g/mol. The first-order chi connectivity index (χ1) is 7.58. The molecule has 1 saturated carbocycles. The van der Waals surface area contributed by atoms with Crippen molar-refractivity contribution in [3.8, 4) is 0 Å². The van der Waals surface area contributed by atoms with Gasteiger partial charge in [-0.15, -0.1) is 0 Å². The van der Waals surface area contributed by atoms with Gasteiger partial charge in [-0.25, -0.2) is 0 Å². The summed E-state index contributed by atoms with van der Waals surface area (Å²) in [5.41, 5.74) is 0. The van der Waals surface area contributed by atoms with Gasteiger partial charge in [0.05, 0.1) is 0 Å². The number of carbonyl (C=O) groups excluding carboxylic acids is 1. The smallest absolute Gasteiger partial charge is 0.220 e. The molecule has 2 atom stereocenters. The molecular formula is C13H24BrNO. The molecule has 0 bridgehead atoms. The van der Waals surface area contributed by atoms with Crippen molar-refractivity contribution < 1.29 is 4.79 Å². The summed E-state index contributed by atoms with van der Waals surface area (Å²) in [4.78, 5) is 12.2. The zero-order valence-electron chi connectivity index (χ0n) is 10.5. The van der Waals surface area contributed by atoms with E-state index < -0.39 is 0 Å². The van der Waals surface area contributed by atoms with Crippen LogP contribution in [0.4, 0.5) is 0 Å². The predicted molar refractivity (Wildman–Crippen MR) is 71.8 cm³/mol. The fourth-order valence-electron chi connectivity index (χ4n) is 2.18. The lowest BCUT2D eigenvalue weighted by Gasteiger charge is -2.25. The summed E-state index contributed by atoms with van der Waals surface area (Å²) in [7, 11) is 0. The first-order valence-corrected chi connectivity index (χ1v) is 7.40. The molecule has 0 aromatic carbocycles. The number of hydrogen-bond donors (Lipinski definition) is 1. The number of nitrogens with one attached hydrogen (secondary N) is 1. The Balaban J connectivity index is 2.11. The molecule has 0 saturated heterocycles. The molecule has 2 nitrogen and oxygen atoms in total. The SMILES string of the molecule is CC(C)CCC(=O)NCC1CCCC(Br)C1. The van der Waals surface area contributed by atoms with Crippen molar-refractivity contribution in [1.29, 1.82) is 0 Å². The van der Waals surface area contributed by atoms with Gasteiger partial charge in [-0.1, -0.05) is 36.2 Å². The molecule has 1 N–H and O–H groups in total. The van der Waals surface area contributed by atoms with Crippen LogP contribution in [0.5, 0.6) is 0 Å². The molecule has 0 aromatic heterocycles. The van der Waals surface area contributed by atoms with Crippen LogP contribution in [0.2, 0.25) is 0 Å². The molecule has 0 aromatic rings. The Kier molecular flexibility index (Phi) is 6.40. The van der Waals surface area contributed by atoms with Gasteiger partial charge >= 0.3 is 0 Å². The van der Waals surface area contributed by atoms with E-state index in [2.05, 4.69) is 35.1 Å². The summed E-state index contributed by atoms with van der Waals surface area (Å²) < 4.78 is 0. The largest absolute Gasteiger partial charge is 0.356 e. The summed E-state index contributed by atoms with van der Waals surface area (Å²) in [5.74, 6) is 1.53. The van der Waals surface area contributed by atoms with Crippen LogP contribution in [0.1, 0.15) is 52.4 Å². The first kappa shape index (κ1) is 14.0. The third kappa shape index (κ3) is 5.88. The van der Waals surface area contributed by atoms with Gasteiger partial charge < -0.3 is 5.32 Å². The Bertz CT molecular complexity index is 218. The molecular weight excluding hydrogens is 266 g/mol. The van der Waals surface area contributed by atoms with Crippen molar-refractivity contribution >= 4 is 21.8 Å². The van der Waals surface area contributed by atoms with E-state index in [1.807, 2.05) is 0 Å². The highest BCUT2D eigenvalue weighted by Crippen LogP contribution is 2.28. The molecule has 0 heterocycles. The van der Waals surface area contributed by atoms with E-state index in [4.69, 9.17) is 0 Å². The van der Waals surface area contributed by atoms with Gasteiger partial charge in [-0.05, 0) is 37.5 Å². The van der Waals surface area contributed by atoms with Crippen LogP contribution < -0.4 is 5.32 Å². The number of rotatable bonds is 5. The molecule has 0 spiro atoms. The molecule has 3 heteroatoms. The fraction of sp³-hybridized carbons (Fsp3) is 0.923. The van der Waals surface area contributed by atoms with Crippen LogP contribution >= 0.6 is 15.9 Å². The van der Waals surface area contributed by atoms with Gasteiger partial charge in [0.15, 0.2) is 0 Å². The number of carbonyl (C=O) groups is 1. The fourth-order valence-corrected chi connectivity index (χ4v) is 3.03. The summed E-state index contributed by atoms with van der Waals surface area (Å²) >= 11 is 3.67. The summed E-state index contributed by atoms with van der Waals surface area (Å²) in [6.07, 6.45) is 6.75.